The lowest BCUT2D eigenvalue weighted by Gasteiger charge is -2.13. The number of nitrogens with zero attached hydrogens (tertiary/aromatic N) is 1. The molecule has 102 valence electrons. The van der Waals surface area contributed by atoms with Crippen molar-refractivity contribution in [3.8, 4) is 11.8 Å². The number of aliphatic hydroxyl groups excluding tert-OH is 1. The summed E-state index contributed by atoms with van der Waals surface area (Å²) in [6.45, 7) is 4.37. The van der Waals surface area contributed by atoms with Crippen LogP contribution in [0.3, 0.4) is 0 Å². The molecule has 2 aromatic carbocycles. The predicted molar refractivity (Wildman–Crippen MR) is 77.3 cm³/mol. The largest absolute Gasteiger partial charge is 0.489 e. The van der Waals surface area contributed by atoms with Crippen LogP contribution in [0.25, 0.3) is 0 Å². The smallest absolute Gasteiger partial charge is 0.166 e. The van der Waals surface area contributed by atoms with Crippen molar-refractivity contribution in [1.82, 2.24) is 0 Å². The van der Waals surface area contributed by atoms with Crippen molar-refractivity contribution in [3.05, 3.63) is 64.7 Å². The fraction of sp³-hybridized carbons (Fsp3) is 0.235. The van der Waals surface area contributed by atoms with Crippen molar-refractivity contribution < 1.29 is 9.84 Å². The van der Waals surface area contributed by atoms with Gasteiger partial charge in [0, 0.05) is 5.56 Å². The Kier molecular flexibility index (Phi) is 4.39. The molecule has 0 aromatic heterocycles. The van der Waals surface area contributed by atoms with E-state index in [9.17, 15) is 5.11 Å². The van der Waals surface area contributed by atoms with Crippen LogP contribution in [0, 0.1) is 25.2 Å². The molecule has 1 N–H and O–H groups in total. The molecule has 0 amide bonds. The molecule has 1 unspecified atom stereocenters. The number of hydrogen-bond acceptors (Lipinski definition) is 3. The van der Waals surface area contributed by atoms with Gasteiger partial charge < -0.3 is 9.84 Å². The van der Waals surface area contributed by atoms with Crippen LogP contribution in [0.4, 0.5) is 0 Å². The molecule has 0 saturated heterocycles. The van der Waals surface area contributed by atoms with E-state index >= 15 is 0 Å². The molecular formula is C17H17NO2. The van der Waals surface area contributed by atoms with Gasteiger partial charge in [0.05, 0.1) is 6.07 Å². The van der Waals surface area contributed by atoms with Gasteiger partial charge in [0.25, 0.3) is 0 Å². The minimum Gasteiger partial charge on any atom is -0.489 e. The van der Waals surface area contributed by atoms with Gasteiger partial charge >= 0.3 is 0 Å². The van der Waals surface area contributed by atoms with Crippen LogP contribution in [0.2, 0.25) is 0 Å². The molecule has 2 rings (SSSR count). The van der Waals surface area contributed by atoms with E-state index in [4.69, 9.17) is 10.00 Å². The SMILES string of the molecule is Cc1ccc(OCc2ccccc2C(O)C#N)c(C)c1. The van der Waals surface area contributed by atoms with E-state index in [1.807, 2.05) is 44.2 Å². The number of rotatable bonds is 4. The monoisotopic (exact) mass is 267 g/mol. The van der Waals surface area contributed by atoms with E-state index in [-0.39, 0.29) is 0 Å². The third kappa shape index (κ3) is 3.17. The Bertz CT molecular complexity index is 644. The lowest BCUT2D eigenvalue weighted by Crippen LogP contribution is -2.04. The van der Waals surface area contributed by atoms with E-state index < -0.39 is 6.10 Å². The van der Waals surface area contributed by atoms with Gasteiger partial charge in [-0.15, -0.1) is 0 Å². The Morgan fingerprint density at radius 1 is 1.20 bits per heavy atom. The quantitative estimate of drug-likeness (QED) is 0.863. The van der Waals surface area contributed by atoms with Crippen LogP contribution in [0.15, 0.2) is 42.5 Å². The van der Waals surface area contributed by atoms with Crippen molar-refractivity contribution in [2.75, 3.05) is 0 Å². The van der Waals surface area contributed by atoms with Gasteiger partial charge in [0.1, 0.15) is 12.4 Å². The second-order valence-corrected chi connectivity index (χ2v) is 4.79. The third-order valence-corrected chi connectivity index (χ3v) is 3.19. The van der Waals surface area contributed by atoms with Crippen LogP contribution in [-0.4, -0.2) is 5.11 Å². The first-order valence-corrected chi connectivity index (χ1v) is 6.47. The van der Waals surface area contributed by atoms with Crippen molar-refractivity contribution in [3.63, 3.8) is 0 Å². The molecule has 0 aliphatic heterocycles. The van der Waals surface area contributed by atoms with Crippen LogP contribution in [-0.2, 0) is 6.61 Å². The van der Waals surface area contributed by atoms with Crippen LogP contribution >= 0.6 is 0 Å². The lowest BCUT2D eigenvalue weighted by atomic mass is 10.0. The van der Waals surface area contributed by atoms with Gasteiger partial charge in [-0.05, 0) is 31.0 Å². The molecule has 0 aliphatic carbocycles. The third-order valence-electron chi connectivity index (χ3n) is 3.19. The molecule has 1 atom stereocenters. The summed E-state index contributed by atoms with van der Waals surface area (Å²) >= 11 is 0. The summed E-state index contributed by atoms with van der Waals surface area (Å²) in [4.78, 5) is 0. The molecule has 0 heterocycles. The van der Waals surface area contributed by atoms with Crippen LogP contribution in [0.1, 0.15) is 28.4 Å². The Labute approximate surface area is 119 Å². The molecule has 0 spiro atoms. The topological polar surface area (TPSA) is 53.2 Å². The Morgan fingerprint density at radius 2 is 1.95 bits per heavy atom. The molecule has 3 nitrogen and oxygen atoms in total. The van der Waals surface area contributed by atoms with E-state index in [0.29, 0.717) is 12.2 Å². The molecule has 2 aromatic rings. The number of benzene rings is 2. The first kappa shape index (κ1) is 14.1. The summed E-state index contributed by atoms with van der Waals surface area (Å²) < 4.78 is 5.79. The van der Waals surface area contributed by atoms with Gasteiger partial charge in [-0.2, -0.15) is 5.26 Å². The average Bonchev–Trinajstić information content (AvgIpc) is 2.46. The first-order chi connectivity index (χ1) is 9.61. The number of ether oxygens (including phenoxy) is 1. The van der Waals surface area contributed by atoms with Gasteiger partial charge in [0.15, 0.2) is 6.10 Å². The normalized spacial score (nSPS) is 11.7. The lowest BCUT2D eigenvalue weighted by molar-refractivity contribution is 0.229. The predicted octanol–water partition coefficient (Wildman–Crippen LogP) is 3.44. The number of hydrogen-bond donors (Lipinski definition) is 1. The van der Waals surface area contributed by atoms with Crippen LogP contribution < -0.4 is 4.74 Å². The van der Waals surface area contributed by atoms with Gasteiger partial charge in [0.2, 0.25) is 0 Å². The molecule has 0 aliphatic rings. The Morgan fingerprint density at radius 3 is 2.65 bits per heavy atom. The summed E-state index contributed by atoms with van der Waals surface area (Å²) in [5, 5.41) is 18.5. The van der Waals surface area contributed by atoms with Gasteiger partial charge in [-0.25, -0.2) is 0 Å². The zero-order chi connectivity index (χ0) is 14.5. The van der Waals surface area contributed by atoms with E-state index in [0.717, 1.165) is 16.9 Å². The molecule has 0 saturated carbocycles. The highest BCUT2D eigenvalue weighted by molar-refractivity contribution is 5.37. The zero-order valence-electron chi connectivity index (χ0n) is 11.6. The summed E-state index contributed by atoms with van der Waals surface area (Å²) in [6.07, 6.45) is -1.12. The maximum absolute atomic E-state index is 9.68. The molecule has 0 radical (unpaired) electrons. The summed E-state index contributed by atoms with van der Waals surface area (Å²) in [7, 11) is 0. The van der Waals surface area contributed by atoms with Crippen LogP contribution in [0.5, 0.6) is 5.75 Å². The second-order valence-electron chi connectivity index (χ2n) is 4.79. The number of aliphatic hydroxyl groups is 1. The molecular weight excluding hydrogens is 250 g/mol. The number of aryl methyl sites for hydroxylation is 2. The summed E-state index contributed by atoms with van der Waals surface area (Å²) in [6, 6.07) is 15.1. The average molecular weight is 267 g/mol. The summed E-state index contributed by atoms with van der Waals surface area (Å²) in [5.74, 6) is 0.817. The van der Waals surface area contributed by atoms with Crippen molar-refractivity contribution >= 4 is 0 Å². The van der Waals surface area contributed by atoms with Gasteiger partial charge in [-0.3, -0.25) is 0 Å². The zero-order valence-corrected chi connectivity index (χ0v) is 11.6. The Balaban J connectivity index is 2.17. The fourth-order valence-corrected chi connectivity index (χ4v) is 2.12. The maximum atomic E-state index is 9.68. The molecule has 20 heavy (non-hydrogen) atoms. The number of nitriles is 1. The molecule has 0 bridgehead atoms. The minimum absolute atomic E-state index is 0.332. The van der Waals surface area contributed by atoms with Crippen molar-refractivity contribution in [2.45, 2.75) is 26.6 Å². The van der Waals surface area contributed by atoms with Crippen molar-refractivity contribution in [1.29, 1.82) is 5.26 Å². The highest BCUT2D eigenvalue weighted by Gasteiger charge is 2.11. The standard InChI is InChI=1S/C17H17NO2/c1-12-7-8-17(13(2)9-12)20-11-14-5-3-4-6-15(14)16(19)10-18/h3-9,16,19H,11H2,1-2H3. The second kappa shape index (κ2) is 6.23. The van der Waals surface area contributed by atoms with Gasteiger partial charge in [-0.1, -0.05) is 42.0 Å². The van der Waals surface area contributed by atoms with E-state index in [2.05, 4.69) is 6.07 Å². The highest BCUT2D eigenvalue weighted by atomic mass is 16.5. The van der Waals surface area contributed by atoms with E-state index in [1.54, 1.807) is 12.1 Å². The Hall–Kier alpha value is -2.31. The first-order valence-electron chi connectivity index (χ1n) is 6.47. The highest BCUT2D eigenvalue weighted by Crippen LogP contribution is 2.22. The molecule has 0 fully saturated rings. The molecule has 3 heteroatoms. The maximum Gasteiger partial charge on any atom is 0.166 e. The minimum atomic E-state index is -1.12. The summed E-state index contributed by atoms with van der Waals surface area (Å²) in [5.41, 5.74) is 3.68. The fourth-order valence-electron chi connectivity index (χ4n) is 2.12. The van der Waals surface area contributed by atoms with Crippen molar-refractivity contribution in [2.24, 2.45) is 0 Å². The van der Waals surface area contributed by atoms with E-state index in [1.165, 1.54) is 5.56 Å².